The second-order valence-electron chi connectivity index (χ2n) is 5.51. The van der Waals surface area contributed by atoms with Crippen LogP contribution in [-0.4, -0.2) is 0 Å². The van der Waals surface area contributed by atoms with Crippen LogP contribution in [0.2, 0.25) is 5.02 Å². The monoisotopic (exact) mass is 305 g/mol. The SMILES string of the molecule is Clc1ccccc1CNC(c1cccs1)C1CCCC1. The average Bonchev–Trinajstić information content (AvgIpc) is 3.14. The molecule has 1 aliphatic rings. The first-order valence-electron chi connectivity index (χ1n) is 7.35. The molecule has 0 radical (unpaired) electrons. The predicted octanol–water partition coefficient (Wildman–Crippen LogP) is 5.42. The summed E-state index contributed by atoms with van der Waals surface area (Å²) in [6.07, 6.45) is 5.44. The van der Waals surface area contributed by atoms with E-state index in [4.69, 9.17) is 11.6 Å². The van der Waals surface area contributed by atoms with Crippen molar-refractivity contribution in [1.29, 1.82) is 0 Å². The van der Waals surface area contributed by atoms with Crippen molar-refractivity contribution in [1.82, 2.24) is 5.32 Å². The summed E-state index contributed by atoms with van der Waals surface area (Å²) in [5, 5.41) is 6.78. The van der Waals surface area contributed by atoms with E-state index in [-0.39, 0.29) is 0 Å². The first-order valence-corrected chi connectivity index (χ1v) is 8.60. The summed E-state index contributed by atoms with van der Waals surface area (Å²) in [6, 6.07) is 13.0. The normalized spacial score (nSPS) is 17.4. The lowest BCUT2D eigenvalue weighted by Gasteiger charge is -2.24. The summed E-state index contributed by atoms with van der Waals surface area (Å²) >= 11 is 8.12. The summed E-state index contributed by atoms with van der Waals surface area (Å²) in [5.41, 5.74) is 1.19. The van der Waals surface area contributed by atoms with E-state index >= 15 is 0 Å². The van der Waals surface area contributed by atoms with Gasteiger partial charge in [-0.15, -0.1) is 11.3 Å². The Bertz CT molecular complexity index is 532. The zero-order valence-electron chi connectivity index (χ0n) is 11.5. The van der Waals surface area contributed by atoms with Crippen molar-refractivity contribution in [3.05, 3.63) is 57.2 Å². The molecule has 2 aromatic rings. The zero-order chi connectivity index (χ0) is 13.8. The fourth-order valence-corrected chi connectivity index (χ4v) is 4.22. The van der Waals surface area contributed by atoms with Crippen LogP contribution in [0.3, 0.4) is 0 Å². The average molecular weight is 306 g/mol. The molecule has 1 aromatic heterocycles. The number of benzene rings is 1. The lowest BCUT2D eigenvalue weighted by molar-refractivity contribution is 0.371. The molecule has 0 aliphatic heterocycles. The van der Waals surface area contributed by atoms with Crippen molar-refractivity contribution >= 4 is 22.9 Å². The molecule has 1 heterocycles. The highest BCUT2D eigenvalue weighted by Crippen LogP contribution is 2.37. The van der Waals surface area contributed by atoms with Crippen LogP contribution < -0.4 is 5.32 Å². The van der Waals surface area contributed by atoms with Crippen LogP contribution in [0.4, 0.5) is 0 Å². The molecule has 0 spiro atoms. The minimum Gasteiger partial charge on any atom is -0.305 e. The van der Waals surface area contributed by atoms with E-state index in [2.05, 4.69) is 35.0 Å². The van der Waals surface area contributed by atoms with Crippen LogP contribution in [0.5, 0.6) is 0 Å². The molecular formula is C17H20ClNS. The minimum atomic E-state index is 0.480. The van der Waals surface area contributed by atoms with Gasteiger partial charge in [0.05, 0.1) is 0 Å². The molecule has 20 heavy (non-hydrogen) atoms. The van der Waals surface area contributed by atoms with E-state index < -0.39 is 0 Å². The van der Waals surface area contributed by atoms with Crippen molar-refractivity contribution in [3.8, 4) is 0 Å². The first kappa shape index (κ1) is 14.1. The van der Waals surface area contributed by atoms with Crippen molar-refractivity contribution < 1.29 is 0 Å². The molecule has 1 aromatic carbocycles. The minimum absolute atomic E-state index is 0.480. The van der Waals surface area contributed by atoms with Crippen LogP contribution >= 0.6 is 22.9 Å². The fourth-order valence-electron chi connectivity index (χ4n) is 3.12. The summed E-state index contributed by atoms with van der Waals surface area (Å²) in [5.74, 6) is 0.774. The summed E-state index contributed by atoms with van der Waals surface area (Å²) in [4.78, 5) is 1.46. The van der Waals surface area contributed by atoms with Crippen molar-refractivity contribution in [2.45, 2.75) is 38.3 Å². The van der Waals surface area contributed by atoms with Gasteiger partial charge in [-0.25, -0.2) is 0 Å². The molecule has 106 valence electrons. The quantitative estimate of drug-likeness (QED) is 0.777. The van der Waals surface area contributed by atoms with Gasteiger partial charge in [-0.3, -0.25) is 0 Å². The summed E-state index contributed by atoms with van der Waals surface area (Å²) in [7, 11) is 0. The van der Waals surface area contributed by atoms with Crippen LogP contribution in [0.1, 0.15) is 42.2 Å². The smallest absolute Gasteiger partial charge is 0.0450 e. The van der Waals surface area contributed by atoms with E-state index in [1.54, 1.807) is 0 Å². The van der Waals surface area contributed by atoms with Gasteiger partial charge in [-0.1, -0.05) is 48.7 Å². The Balaban J connectivity index is 1.72. The van der Waals surface area contributed by atoms with Gasteiger partial charge in [-0.2, -0.15) is 0 Å². The molecule has 0 saturated heterocycles. The molecule has 1 fully saturated rings. The largest absolute Gasteiger partial charge is 0.305 e. The molecule has 3 heteroatoms. The topological polar surface area (TPSA) is 12.0 Å². The number of hydrogen-bond acceptors (Lipinski definition) is 2. The molecular weight excluding hydrogens is 286 g/mol. The van der Waals surface area contributed by atoms with Gasteiger partial charge in [0, 0.05) is 22.5 Å². The van der Waals surface area contributed by atoms with Gasteiger partial charge in [0.2, 0.25) is 0 Å². The molecule has 3 rings (SSSR count). The fraction of sp³-hybridized carbons (Fsp3) is 0.412. The van der Waals surface area contributed by atoms with Gasteiger partial charge in [-0.05, 0) is 41.8 Å². The summed E-state index contributed by atoms with van der Waals surface area (Å²) < 4.78 is 0. The Hall–Kier alpha value is -0.830. The molecule has 1 unspecified atom stereocenters. The number of thiophene rings is 1. The predicted molar refractivity (Wildman–Crippen MR) is 87.3 cm³/mol. The first-order chi connectivity index (χ1) is 9.84. The second kappa shape index (κ2) is 6.75. The Morgan fingerprint density at radius 3 is 2.65 bits per heavy atom. The van der Waals surface area contributed by atoms with E-state index in [0.717, 1.165) is 17.5 Å². The van der Waals surface area contributed by atoms with Crippen LogP contribution in [0.25, 0.3) is 0 Å². The van der Waals surface area contributed by atoms with E-state index in [1.807, 2.05) is 23.5 Å². The van der Waals surface area contributed by atoms with E-state index in [9.17, 15) is 0 Å². The van der Waals surface area contributed by atoms with Crippen molar-refractivity contribution in [2.24, 2.45) is 5.92 Å². The Morgan fingerprint density at radius 2 is 1.95 bits per heavy atom. The number of nitrogens with one attached hydrogen (secondary N) is 1. The second-order valence-corrected chi connectivity index (χ2v) is 6.90. The summed E-state index contributed by atoms with van der Waals surface area (Å²) in [6.45, 7) is 0.846. The molecule has 1 N–H and O–H groups in total. The highest BCUT2D eigenvalue weighted by molar-refractivity contribution is 7.10. The maximum absolute atomic E-state index is 6.25. The molecule has 0 amide bonds. The van der Waals surface area contributed by atoms with Crippen molar-refractivity contribution in [3.63, 3.8) is 0 Å². The highest BCUT2D eigenvalue weighted by Gasteiger charge is 2.26. The third-order valence-corrected chi connectivity index (χ3v) is 5.52. The van der Waals surface area contributed by atoms with Crippen molar-refractivity contribution in [2.75, 3.05) is 0 Å². The van der Waals surface area contributed by atoms with Gasteiger partial charge in [0.25, 0.3) is 0 Å². The molecule has 1 atom stereocenters. The van der Waals surface area contributed by atoms with Gasteiger partial charge in [0.15, 0.2) is 0 Å². The molecule has 1 saturated carbocycles. The Kier molecular flexibility index (Phi) is 4.77. The van der Waals surface area contributed by atoms with Crippen LogP contribution in [0.15, 0.2) is 41.8 Å². The van der Waals surface area contributed by atoms with Gasteiger partial charge in [0.1, 0.15) is 0 Å². The van der Waals surface area contributed by atoms with Crippen LogP contribution in [-0.2, 0) is 6.54 Å². The van der Waals surface area contributed by atoms with Gasteiger partial charge < -0.3 is 5.32 Å². The number of hydrogen-bond donors (Lipinski definition) is 1. The maximum atomic E-state index is 6.25. The van der Waals surface area contributed by atoms with E-state index in [0.29, 0.717) is 6.04 Å². The Labute approximate surface area is 130 Å². The number of rotatable bonds is 5. The lowest BCUT2D eigenvalue weighted by Crippen LogP contribution is -2.26. The molecule has 1 nitrogen and oxygen atoms in total. The third-order valence-electron chi connectivity index (χ3n) is 4.19. The third kappa shape index (κ3) is 3.25. The molecule has 1 aliphatic carbocycles. The Morgan fingerprint density at radius 1 is 1.15 bits per heavy atom. The van der Waals surface area contributed by atoms with Gasteiger partial charge >= 0.3 is 0 Å². The standard InChI is InChI=1S/C17H20ClNS/c18-15-9-4-3-8-14(15)12-19-17(13-6-1-2-7-13)16-10-5-11-20-16/h3-5,8-11,13,17,19H,1-2,6-7,12H2. The maximum Gasteiger partial charge on any atom is 0.0450 e. The lowest BCUT2D eigenvalue weighted by atomic mass is 9.96. The molecule has 0 bridgehead atoms. The highest BCUT2D eigenvalue weighted by atomic mass is 35.5. The number of halogens is 1. The van der Waals surface area contributed by atoms with Crippen LogP contribution in [0, 0.1) is 5.92 Å². The van der Waals surface area contributed by atoms with E-state index in [1.165, 1.54) is 36.1 Å². The zero-order valence-corrected chi connectivity index (χ0v) is 13.1.